The molecule has 0 atom stereocenters. The average molecular weight is 425 g/mol. The zero-order chi connectivity index (χ0) is 22.7. The number of benzene rings is 2. The fourth-order valence-electron chi connectivity index (χ4n) is 2.82. The lowest BCUT2D eigenvalue weighted by Gasteiger charge is -2.15. The third-order valence-corrected chi connectivity index (χ3v) is 4.50. The minimum absolute atomic E-state index is 0.159. The number of phenolic OH excluding ortho intramolecular Hbond substituents is 1. The lowest BCUT2D eigenvalue weighted by Crippen LogP contribution is -3.06. The normalized spacial score (nSPS) is 11.0. The molecular weight excluding hydrogens is 399 g/mol. The molecule has 8 heteroatoms. The third-order valence-electron chi connectivity index (χ3n) is 4.50. The van der Waals surface area contributed by atoms with Crippen LogP contribution in [0.25, 0.3) is 0 Å². The number of aromatic hydroxyl groups is 1. The molecule has 0 radical (unpaired) electrons. The number of carboxylic acid groups (broad SMARTS) is 1. The smallest absolute Gasteiger partial charge is 0.430 e. The van der Waals surface area contributed by atoms with Gasteiger partial charge in [0.15, 0.2) is 0 Å². The minimum atomic E-state index is -5.19. The number of Topliss-reactive ketones (excluding diaryl/α,β-unsaturated/α-hetero) is 1. The zero-order valence-corrected chi connectivity index (χ0v) is 17.0. The SMILES string of the molecule is CC[NH+](CC)c1ccc(CC(=O)CCc2ccccc2)c(O)c1.O=C([O-])C(F)(F)F. The molecular formula is C22H26F3NO4. The van der Waals surface area contributed by atoms with E-state index in [2.05, 4.69) is 13.8 Å². The lowest BCUT2D eigenvalue weighted by molar-refractivity contribution is -0.828. The summed E-state index contributed by atoms with van der Waals surface area (Å²) in [5, 5.41) is 19.0. The Labute approximate surface area is 173 Å². The highest BCUT2D eigenvalue weighted by molar-refractivity contribution is 5.81. The monoisotopic (exact) mass is 425 g/mol. The number of quaternary nitrogens is 1. The summed E-state index contributed by atoms with van der Waals surface area (Å²) in [5.74, 6) is -2.62. The van der Waals surface area contributed by atoms with E-state index in [4.69, 9.17) is 9.90 Å². The number of aryl methyl sites for hydroxylation is 1. The highest BCUT2D eigenvalue weighted by Crippen LogP contribution is 2.21. The summed E-state index contributed by atoms with van der Waals surface area (Å²) in [4.78, 5) is 22.3. The summed E-state index contributed by atoms with van der Waals surface area (Å²) in [6, 6.07) is 15.7. The molecule has 0 fully saturated rings. The van der Waals surface area contributed by atoms with Crippen molar-refractivity contribution in [1.82, 2.24) is 0 Å². The van der Waals surface area contributed by atoms with Crippen LogP contribution in [-0.2, 0) is 22.4 Å². The van der Waals surface area contributed by atoms with Crippen molar-refractivity contribution in [3.63, 3.8) is 0 Å². The third kappa shape index (κ3) is 8.65. The van der Waals surface area contributed by atoms with Crippen molar-refractivity contribution in [3.8, 4) is 5.75 Å². The maximum Gasteiger partial charge on any atom is 0.430 e. The molecule has 30 heavy (non-hydrogen) atoms. The molecule has 0 bridgehead atoms. The number of halogens is 3. The summed E-state index contributed by atoms with van der Waals surface area (Å²) in [6.07, 6.45) is -3.64. The Morgan fingerprint density at radius 3 is 2.07 bits per heavy atom. The van der Waals surface area contributed by atoms with Gasteiger partial charge in [-0.05, 0) is 38.0 Å². The number of aliphatic carboxylic acids is 1. The lowest BCUT2D eigenvalue weighted by atomic mass is 10.0. The average Bonchev–Trinajstić information content (AvgIpc) is 2.70. The van der Waals surface area contributed by atoms with Gasteiger partial charge in [-0.1, -0.05) is 30.3 Å². The summed E-state index contributed by atoms with van der Waals surface area (Å²) >= 11 is 0. The van der Waals surface area contributed by atoms with Gasteiger partial charge >= 0.3 is 6.18 Å². The van der Waals surface area contributed by atoms with Crippen LogP contribution in [0.15, 0.2) is 48.5 Å². The number of hydrogen-bond acceptors (Lipinski definition) is 4. The van der Waals surface area contributed by atoms with Crippen molar-refractivity contribution >= 4 is 17.4 Å². The van der Waals surface area contributed by atoms with E-state index in [0.717, 1.165) is 30.8 Å². The van der Waals surface area contributed by atoms with Gasteiger partial charge in [0.1, 0.15) is 23.2 Å². The molecule has 0 saturated carbocycles. The molecule has 2 aromatic rings. The quantitative estimate of drug-likeness (QED) is 0.678. The van der Waals surface area contributed by atoms with Gasteiger partial charge in [0.2, 0.25) is 0 Å². The first-order valence-electron chi connectivity index (χ1n) is 9.59. The topological polar surface area (TPSA) is 81.9 Å². The number of alkyl halides is 3. The molecule has 2 rings (SSSR count). The number of phenols is 1. The molecule has 0 aromatic heterocycles. The van der Waals surface area contributed by atoms with E-state index in [-0.39, 0.29) is 11.5 Å². The van der Waals surface area contributed by atoms with E-state index in [1.165, 1.54) is 10.5 Å². The molecule has 0 heterocycles. The largest absolute Gasteiger partial charge is 0.542 e. The summed E-state index contributed by atoms with van der Waals surface area (Å²) in [7, 11) is 0. The van der Waals surface area contributed by atoms with Crippen LogP contribution >= 0.6 is 0 Å². The Morgan fingerprint density at radius 2 is 1.60 bits per heavy atom. The van der Waals surface area contributed by atoms with E-state index < -0.39 is 12.1 Å². The molecule has 164 valence electrons. The van der Waals surface area contributed by atoms with Crippen LogP contribution in [0.5, 0.6) is 5.75 Å². The summed E-state index contributed by atoms with van der Waals surface area (Å²) in [5.41, 5.74) is 2.97. The predicted octanol–water partition coefficient (Wildman–Crippen LogP) is 1.99. The first-order valence-corrected chi connectivity index (χ1v) is 9.59. The Hall–Kier alpha value is -2.87. The fraction of sp³-hybridized carbons (Fsp3) is 0.364. The number of hydrogen-bond donors (Lipinski definition) is 2. The summed E-state index contributed by atoms with van der Waals surface area (Å²) in [6.45, 7) is 6.20. The van der Waals surface area contributed by atoms with Crippen LogP contribution < -0.4 is 10.0 Å². The van der Waals surface area contributed by atoms with Gasteiger partial charge in [-0.25, -0.2) is 0 Å². The van der Waals surface area contributed by atoms with E-state index in [1.54, 1.807) is 6.07 Å². The maximum absolute atomic E-state index is 12.2. The second-order valence-electron chi connectivity index (χ2n) is 6.64. The standard InChI is InChI=1S/C20H25NO2.C2HF3O2/c1-3-21(4-2)18-12-11-17(20(23)15-18)14-19(22)13-10-16-8-6-5-7-9-16;3-2(4,5)1(6)7/h5-9,11-12,15,23H,3-4,10,13-14H2,1-2H3;(H,6,7). The van der Waals surface area contributed by atoms with Crippen LogP contribution in [0, 0.1) is 0 Å². The number of carbonyl (C=O) groups is 2. The Kier molecular flexibility index (Phi) is 10.0. The molecule has 5 nitrogen and oxygen atoms in total. The van der Waals surface area contributed by atoms with Crippen LogP contribution in [0.1, 0.15) is 31.4 Å². The van der Waals surface area contributed by atoms with Gasteiger partial charge in [-0.3, -0.25) is 4.79 Å². The first kappa shape index (κ1) is 25.2. The second kappa shape index (κ2) is 12.0. The molecule has 2 N–H and O–H groups in total. The van der Waals surface area contributed by atoms with E-state index in [1.807, 2.05) is 42.5 Å². The predicted molar refractivity (Wildman–Crippen MR) is 104 cm³/mol. The van der Waals surface area contributed by atoms with Gasteiger partial charge < -0.3 is 19.9 Å². The molecule has 0 aliphatic carbocycles. The fourth-order valence-corrected chi connectivity index (χ4v) is 2.82. The van der Waals surface area contributed by atoms with Crippen LogP contribution in [0.4, 0.5) is 18.9 Å². The molecule has 0 amide bonds. The van der Waals surface area contributed by atoms with Gasteiger partial charge in [-0.15, -0.1) is 0 Å². The van der Waals surface area contributed by atoms with Crippen LogP contribution in [0.2, 0.25) is 0 Å². The van der Waals surface area contributed by atoms with Gasteiger partial charge in [0, 0.05) is 24.5 Å². The van der Waals surface area contributed by atoms with E-state index >= 15 is 0 Å². The highest BCUT2D eigenvalue weighted by atomic mass is 19.4. The van der Waals surface area contributed by atoms with Crippen LogP contribution in [-0.4, -0.2) is 36.1 Å². The van der Waals surface area contributed by atoms with Crippen molar-refractivity contribution in [1.29, 1.82) is 0 Å². The van der Waals surface area contributed by atoms with Crippen LogP contribution in [0.3, 0.4) is 0 Å². The molecule has 0 saturated heterocycles. The maximum atomic E-state index is 12.2. The zero-order valence-electron chi connectivity index (χ0n) is 17.0. The van der Waals surface area contributed by atoms with Crippen molar-refractivity contribution in [3.05, 3.63) is 59.7 Å². The van der Waals surface area contributed by atoms with Crippen molar-refractivity contribution in [2.45, 2.75) is 39.3 Å². The van der Waals surface area contributed by atoms with Crippen molar-refractivity contribution in [2.24, 2.45) is 0 Å². The molecule has 0 aliphatic rings. The summed E-state index contributed by atoms with van der Waals surface area (Å²) < 4.78 is 31.5. The van der Waals surface area contributed by atoms with E-state index in [0.29, 0.717) is 12.8 Å². The Balaban J connectivity index is 0.000000553. The Morgan fingerprint density at radius 1 is 1.03 bits per heavy atom. The minimum Gasteiger partial charge on any atom is -0.542 e. The van der Waals surface area contributed by atoms with Gasteiger partial charge in [0.05, 0.1) is 13.1 Å². The molecule has 0 spiro atoms. The van der Waals surface area contributed by atoms with Crippen molar-refractivity contribution in [2.75, 3.05) is 13.1 Å². The molecule has 0 unspecified atom stereocenters. The number of carbonyl (C=O) groups excluding carboxylic acids is 2. The number of rotatable bonds is 8. The van der Waals surface area contributed by atoms with E-state index in [9.17, 15) is 23.1 Å². The van der Waals surface area contributed by atoms with Crippen molar-refractivity contribution < 1.29 is 37.9 Å². The molecule has 0 aliphatic heterocycles. The highest BCUT2D eigenvalue weighted by Gasteiger charge is 2.28. The molecule has 2 aromatic carbocycles. The second-order valence-corrected chi connectivity index (χ2v) is 6.64. The van der Waals surface area contributed by atoms with Gasteiger partial charge in [0.25, 0.3) is 0 Å². The Bertz CT molecular complexity index is 819. The van der Waals surface area contributed by atoms with Gasteiger partial charge in [-0.2, -0.15) is 13.2 Å². The number of nitrogens with one attached hydrogen (secondary N) is 1. The first-order chi connectivity index (χ1) is 14.1. The number of ketones is 1. The number of carboxylic acids is 1.